The highest BCUT2D eigenvalue weighted by Gasteiger charge is 2.30. The summed E-state index contributed by atoms with van der Waals surface area (Å²) in [6, 6.07) is 0. The van der Waals surface area contributed by atoms with Crippen molar-refractivity contribution in [1.29, 1.82) is 0 Å². The van der Waals surface area contributed by atoms with Crippen molar-refractivity contribution in [2.75, 3.05) is 24.2 Å². The Morgan fingerprint density at radius 2 is 2.00 bits per heavy atom. The van der Waals surface area contributed by atoms with Crippen LogP contribution in [0, 0.1) is 20.8 Å². The molecular weight excluding hydrogens is 462 g/mol. The van der Waals surface area contributed by atoms with Crippen LogP contribution < -0.4 is 5.32 Å². The molecule has 9 nitrogen and oxygen atoms in total. The van der Waals surface area contributed by atoms with E-state index in [1.165, 1.54) is 23.1 Å². The van der Waals surface area contributed by atoms with Gasteiger partial charge in [0, 0.05) is 29.7 Å². The lowest BCUT2D eigenvalue weighted by atomic mass is 10.1. The van der Waals surface area contributed by atoms with E-state index in [1.54, 1.807) is 28.8 Å². The number of nitrogens with zero attached hydrogens (tertiary/aromatic N) is 4. The number of carbonyl (C=O) groups is 3. The molecule has 1 N–H and O–H groups in total. The van der Waals surface area contributed by atoms with E-state index >= 15 is 0 Å². The molecule has 0 aliphatic carbocycles. The zero-order valence-electron chi connectivity index (χ0n) is 19.5. The average molecular weight is 490 g/mol. The summed E-state index contributed by atoms with van der Waals surface area (Å²) in [6.45, 7) is 9.93. The summed E-state index contributed by atoms with van der Waals surface area (Å²) in [7, 11) is 1.83. The molecule has 1 aliphatic rings. The summed E-state index contributed by atoms with van der Waals surface area (Å²) in [5.74, 6) is -0.915. The third kappa shape index (κ3) is 5.19. The second-order valence-electron chi connectivity index (χ2n) is 7.33. The van der Waals surface area contributed by atoms with Crippen LogP contribution in [-0.4, -0.2) is 56.5 Å². The third-order valence-electron chi connectivity index (χ3n) is 5.24. The number of amidine groups is 1. The fourth-order valence-electron chi connectivity index (χ4n) is 3.18. The molecule has 0 aromatic carbocycles. The van der Waals surface area contributed by atoms with Gasteiger partial charge in [0.05, 0.1) is 24.1 Å². The molecule has 3 heterocycles. The molecule has 3 rings (SSSR count). The summed E-state index contributed by atoms with van der Waals surface area (Å²) in [5, 5.41) is 7.94. The van der Waals surface area contributed by atoms with E-state index < -0.39 is 5.97 Å². The molecule has 0 saturated heterocycles. The second kappa shape index (κ2) is 10.3. The molecule has 0 bridgehead atoms. The van der Waals surface area contributed by atoms with Gasteiger partial charge in [-0.1, -0.05) is 11.8 Å². The molecule has 0 unspecified atom stereocenters. The maximum absolute atomic E-state index is 12.8. The Hall–Kier alpha value is -2.92. The van der Waals surface area contributed by atoms with E-state index in [-0.39, 0.29) is 24.2 Å². The summed E-state index contributed by atoms with van der Waals surface area (Å²) >= 11 is 2.52. The predicted octanol–water partition coefficient (Wildman–Crippen LogP) is 3.51. The van der Waals surface area contributed by atoms with Gasteiger partial charge in [-0.3, -0.25) is 19.2 Å². The largest absolute Gasteiger partial charge is 0.462 e. The van der Waals surface area contributed by atoms with Gasteiger partial charge in [-0.15, -0.1) is 11.3 Å². The van der Waals surface area contributed by atoms with Crippen molar-refractivity contribution in [3.05, 3.63) is 39.2 Å². The topological polar surface area (TPSA) is 106 Å². The van der Waals surface area contributed by atoms with Crippen molar-refractivity contribution in [3.63, 3.8) is 0 Å². The van der Waals surface area contributed by atoms with E-state index in [1.807, 2.05) is 34.7 Å². The number of aryl methyl sites for hydroxylation is 2. The van der Waals surface area contributed by atoms with Crippen LogP contribution in [0.15, 0.2) is 16.9 Å². The molecule has 0 fully saturated rings. The van der Waals surface area contributed by atoms with Gasteiger partial charge < -0.3 is 10.1 Å². The van der Waals surface area contributed by atoms with Crippen molar-refractivity contribution in [1.82, 2.24) is 14.7 Å². The lowest BCUT2D eigenvalue weighted by molar-refractivity contribution is -0.122. The zero-order chi connectivity index (χ0) is 24.3. The van der Waals surface area contributed by atoms with Gasteiger partial charge in [-0.25, -0.2) is 9.79 Å². The maximum Gasteiger partial charge on any atom is 0.341 e. The Labute approximate surface area is 200 Å². The Bertz CT molecular complexity index is 1160. The van der Waals surface area contributed by atoms with E-state index in [4.69, 9.17) is 4.74 Å². The summed E-state index contributed by atoms with van der Waals surface area (Å²) in [4.78, 5) is 44.7. The zero-order valence-corrected chi connectivity index (χ0v) is 21.1. The first kappa shape index (κ1) is 24.7. The monoisotopic (exact) mass is 489 g/mol. The fourth-order valence-corrected chi connectivity index (χ4v) is 5.11. The Morgan fingerprint density at radius 3 is 2.61 bits per heavy atom. The standard InChI is InChI=1S/C22H27N5O4S2/c1-7-27-20(29)16(9-15-10-23-26(6)13(15)4)24-22(27)32-11-17(28)25-19-18(21(30)31-8-2)12(3)14(5)33-19/h9-10H,7-8,11H2,1-6H3,(H,25,28). The van der Waals surface area contributed by atoms with Gasteiger partial charge in [-0.05, 0) is 46.3 Å². The van der Waals surface area contributed by atoms with E-state index in [0.29, 0.717) is 28.0 Å². The Morgan fingerprint density at radius 1 is 1.27 bits per heavy atom. The quantitative estimate of drug-likeness (QED) is 0.471. The highest BCUT2D eigenvalue weighted by molar-refractivity contribution is 8.14. The summed E-state index contributed by atoms with van der Waals surface area (Å²) < 4.78 is 6.86. The van der Waals surface area contributed by atoms with Gasteiger partial charge >= 0.3 is 5.97 Å². The Kier molecular flexibility index (Phi) is 7.75. The average Bonchev–Trinajstić information content (AvgIpc) is 3.35. The van der Waals surface area contributed by atoms with Gasteiger partial charge in [-0.2, -0.15) is 5.10 Å². The number of rotatable bonds is 7. The van der Waals surface area contributed by atoms with E-state index in [9.17, 15) is 14.4 Å². The number of esters is 1. The number of carbonyl (C=O) groups excluding carboxylic acids is 3. The Balaban J connectivity index is 1.73. The molecule has 1 aliphatic heterocycles. The van der Waals surface area contributed by atoms with Crippen LogP contribution in [-0.2, 0) is 21.4 Å². The van der Waals surface area contributed by atoms with Crippen molar-refractivity contribution < 1.29 is 19.1 Å². The molecule has 0 radical (unpaired) electrons. The van der Waals surface area contributed by atoms with Gasteiger partial charge in [0.1, 0.15) is 10.7 Å². The van der Waals surface area contributed by atoms with Crippen LogP contribution in [0.2, 0.25) is 0 Å². The minimum atomic E-state index is -0.453. The first-order chi connectivity index (χ1) is 15.7. The van der Waals surface area contributed by atoms with Gasteiger partial charge in [0.2, 0.25) is 5.91 Å². The second-order valence-corrected chi connectivity index (χ2v) is 9.49. The summed E-state index contributed by atoms with van der Waals surface area (Å²) in [5.41, 5.74) is 3.24. The minimum Gasteiger partial charge on any atom is -0.462 e. The number of thiophene rings is 1. The number of hydrogen-bond acceptors (Lipinski definition) is 8. The van der Waals surface area contributed by atoms with Crippen LogP contribution in [0.3, 0.4) is 0 Å². The van der Waals surface area contributed by atoms with Crippen LogP contribution in [0.4, 0.5) is 5.00 Å². The van der Waals surface area contributed by atoms with Crippen LogP contribution in [0.1, 0.15) is 45.9 Å². The number of thioether (sulfide) groups is 1. The minimum absolute atomic E-state index is 0.0417. The van der Waals surface area contributed by atoms with E-state index in [0.717, 1.165) is 21.7 Å². The molecule has 11 heteroatoms. The van der Waals surface area contributed by atoms with Crippen LogP contribution in [0.5, 0.6) is 0 Å². The molecule has 2 aromatic rings. The molecular formula is C22H27N5O4S2. The molecule has 2 amide bonds. The molecule has 176 valence electrons. The first-order valence-corrected chi connectivity index (χ1v) is 12.3. The maximum atomic E-state index is 12.8. The number of hydrogen-bond donors (Lipinski definition) is 1. The number of likely N-dealkylation sites (N-methyl/N-ethyl adjacent to an activating group) is 1. The van der Waals surface area contributed by atoms with Gasteiger partial charge in [0.25, 0.3) is 5.91 Å². The highest BCUT2D eigenvalue weighted by atomic mass is 32.2. The van der Waals surface area contributed by atoms with Crippen LogP contribution >= 0.6 is 23.1 Å². The number of aromatic nitrogens is 2. The van der Waals surface area contributed by atoms with Crippen molar-refractivity contribution in [2.45, 2.75) is 34.6 Å². The van der Waals surface area contributed by atoms with Gasteiger partial charge in [0.15, 0.2) is 5.17 Å². The first-order valence-electron chi connectivity index (χ1n) is 10.5. The molecule has 0 spiro atoms. The van der Waals surface area contributed by atoms with Crippen molar-refractivity contribution >= 4 is 57.1 Å². The summed E-state index contributed by atoms with van der Waals surface area (Å²) in [6.07, 6.45) is 3.40. The molecule has 2 aromatic heterocycles. The molecule has 0 saturated carbocycles. The van der Waals surface area contributed by atoms with Crippen molar-refractivity contribution in [3.8, 4) is 0 Å². The fraction of sp³-hybridized carbons (Fsp3) is 0.409. The molecule has 0 atom stereocenters. The number of nitrogens with one attached hydrogen (secondary N) is 1. The van der Waals surface area contributed by atoms with Crippen LogP contribution in [0.25, 0.3) is 6.08 Å². The third-order valence-corrected chi connectivity index (χ3v) is 7.34. The lowest BCUT2D eigenvalue weighted by Crippen LogP contribution is -2.31. The number of amides is 2. The number of anilines is 1. The van der Waals surface area contributed by atoms with Crippen molar-refractivity contribution in [2.24, 2.45) is 12.0 Å². The predicted molar refractivity (Wildman–Crippen MR) is 132 cm³/mol. The van der Waals surface area contributed by atoms with E-state index in [2.05, 4.69) is 15.4 Å². The SMILES string of the molecule is CCOC(=O)c1c(NC(=O)CSC2=NC(=Cc3cnn(C)c3C)C(=O)N2CC)sc(C)c1C. The smallest absolute Gasteiger partial charge is 0.341 e. The molecule has 33 heavy (non-hydrogen) atoms. The number of ether oxygens (including phenoxy) is 1. The number of aliphatic imine (C=N–C) groups is 1. The highest BCUT2D eigenvalue weighted by Crippen LogP contribution is 2.33. The normalized spacial score (nSPS) is 14.7. The lowest BCUT2D eigenvalue weighted by Gasteiger charge is -2.14.